The van der Waals surface area contributed by atoms with E-state index in [1.807, 2.05) is 0 Å². The van der Waals surface area contributed by atoms with E-state index >= 15 is 0 Å². The fraction of sp³-hybridized carbons (Fsp3) is 0.143. The highest BCUT2D eigenvalue weighted by molar-refractivity contribution is 6.38. The van der Waals surface area contributed by atoms with Crippen LogP contribution in [-0.2, 0) is 16.1 Å². The van der Waals surface area contributed by atoms with Gasteiger partial charge in [0.25, 0.3) is 5.78 Å². The van der Waals surface area contributed by atoms with E-state index in [2.05, 4.69) is 0 Å². The molecular formula is C21H17Cl2NO6. The number of halogens is 2. The van der Waals surface area contributed by atoms with E-state index < -0.39 is 17.5 Å². The monoisotopic (exact) mass is 449 g/mol. The molecule has 0 aliphatic rings. The van der Waals surface area contributed by atoms with Crippen molar-refractivity contribution in [3.8, 4) is 11.5 Å². The number of ketones is 1. The number of carboxylic acids is 1. The van der Waals surface area contributed by atoms with Crippen molar-refractivity contribution in [2.75, 3.05) is 14.2 Å². The lowest BCUT2D eigenvalue weighted by molar-refractivity contribution is -0.146. The summed E-state index contributed by atoms with van der Waals surface area (Å²) in [5, 5.41) is 20.8. The second-order valence-electron chi connectivity index (χ2n) is 6.33. The number of aromatic nitrogens is 1. The zero-order valence-corrected chi connectivity index (χ0v) is 17.5. The number of methoxy groups -OCH3 is 2. The smallest absolute Gasteiger partial charge is 0.376 e. The van der Waals surface area contributed by atoms with Gasteiger partial charge in [-0.3, -0.25) is 4.79 Å². The van der Waals surface area contributed by atoms with Crippen LogP contribution in [0, 0.1) is 0 Å². The molecule has 2 N–H and O–H groups in total. The Hall–Kier alpha value is -3.16. The number of aliphatic hydroxyl groups is 1. The SMILES string of the molecule is COc1cc(OC)c2c(/C(O)=C/C(=O)C(=O)O)cn(Cc3ccc(Cl)cc3Cl)c2c1. The molecule has 0 atom stereocenters. The molecule has 0 saturated heterocycles. The molecule has 0 radical (unpaired) electrons. The van der Waals surface area contributed by atoms with E-state index in [0.717, 1.165) is 5.56 Å². The minimum Gasteiger partial charge on any atom is -0.507 e. The summed E-state index contributed by atoms with van der Waals surface area (Å²) in [6.45, 7) is 0.309. The number of ether oxygens (including phenoxy) is 2. The topological polar surface area (TPSA) is 98.0 Å². The Balaban J connectivity index is 2.24. The van der Waals surface area contributed by atoms with E-state index in [0.29, 0.717) is 45.1 Å². The lowest BCUT2D eigenvalue weighted by atomic mass is 10.1. The number of hydrogen-bond acceptors (Lipinski definition) is 5. The first-order valence-corrected chi connectivity index (χ1v) is 9.37. The van der Waals surface area contributed by atoms with Crippen LogP contribution in [0.2, 0.25) is 10.0 Å². The van der Waals surface area contributed by atoms with Crippen LogP contribution in [0.5, 0.6) is 11.5 Å². The molecule has 3 rings (SSSR count). The number of rotatable bonds is 7. The number of carbonyl (C=O) groups is 2. The normalized spacial score (nSPS) is 11.5. The first-order chi connectivity index (χ1) is 14.2. The van der Waals surface area contributed by atoms with Gasteiger partial charge in [0, 0.05) is 46.6 Å². The van der Waals surface area contributed by atoms with Crippen molar-refractivity contribution < 1.29 is 29.3 Å². The molecule has 1 aromatic heterocycles. The van der Waals surface area contributed by atoms with Crippen molar-refractivity contribution in [2.24, 2.45) is 0 Å². The Morgan fingerprint density at radius 3 is 2.43 bits per heavy atom. The Morgan fingerprint density at radius 2 is 1.83 bits per heavy atom. The third-order valence-corrected chi connectivity index (χ3v) is 5.07. The third-order valence-electron chi connectivity index (χ3n) is 4.48. The van der Waals surface area contributed by atoms with E-state index in [1.165, 1.54) is 14.2 Å². The quantitative estimate of drug-likeness (QED) is 0.311. The van der Waals surface area contributed by atoms with Crippen LogP contribution in [0.15, 0.2) is 42.6 Å². The zero-order chi connectivity index (χ0) is 22.0. The van der Waals surface area contributed by atoms with Crippen molar-refractivity contribution in [3.05, 3.63) is 63.8 Å². The molecule has 0 spiro atoms. The predicted molar refractivity (Wildman–Crippen MR) is 114 cm³/mol. The Labute approximate surface area is 181 Å². The molecule has 0 amide bonds. The molecule has 9 heteroatoms. The molecule has 0 bridgehead atoms. The summed E-state index contributed by atoms with van der Waals surface area (Å²) >= 11 is 12.3. The van der Waals surface area contributed by atoms with Gasteiger partial charge in [-0.15, -0.1) is 0 Å². The highest BCUT2D eigenvalue weighted by Gasteiger charge is 2.20. The van der Waals surface area contributed by atoms with Crippen LogP contribution in [0.4, 0.5) is 0 Å². The molecule has 0 unspecified atom stereocenters. The number of hydrogen-bond donors (Lipinski definition) is 2. The van der Waals surface area contributed by atoms with Gasteiger partial charge in [0.1, 0.15) is 17.3 Å². The fourth-order valence-corrected chi connectivity index (χ4v) is 3.53. The summed E-state index contributed by atoms with van der Waals surface area (Å²) in [5.41, 5.74) is 1.61. The first kappa shape index (κ1) is 21.5. The average Bonchev–Trinajstić information content (AvgIpc) is 3.07. The van der Waals surface area contributed by atoms with Crippen LogP contribution < -0.4 is 9.47 Å². The predicted octanol–water partition coefficient (Wildman–Crippen LogP) is 4.57. The molecule has 7 nitrogen and oxygen atoms in total. The van der Waals surface area contributed by atoms with Crippen molar-refractivity contribution in [1.29, 1.82) is 0 Å². The fourth-order valence-electron chi connectivity index (χ4n) is 3.06. The number of nitrogens with zero attached hydrogens (tertiary/aromatic N) is 1. The molecule has 0 fully saturated rings. The highest BCUT2D eigenvalue weighted by Crippen LogP contribution is 2.38. The van der Waals surface area contributed by atoms with Crippen molar-refractivity contribution in [2.45, 2.75) is 6.54 Å². The summed E-state index contributed by atoms with van der Waals surface area (Å²) in [6.07, 6.45) is 2.24. The van der Waals surface area contributed by atoms with E-state index in [9.17, 15) is 14.7 Å². The average molecular weight is 450 g/mol. The van der Waals surface area contributed by atoms with Gasteiger partial charge in [0.2, 0.25) is 0 Å². The number of aliphatic hydroxyl groups excluding tert-OH is 1. The molecule has 3 aromatic rings. The molecule has 0 aliphatic carbocycles. The van der Waals surface area contributed by atoms with Gasteiger partial charge in [0.15, 0.2) is 0 Å². The number of carboxylic acid groups (broad SMARTS) is 1. The highest BCUT2D eigenvalue weighted by atomic mass is 35.5. The molecule has 0 aliphatic heterocycles. The summed E-state index contributed by atoms with van der Waals surface area (Å²) in [6, 6.07) is 8.46. The second-order valence-corrected chi connectivity index (χ2v) is 7.17. The zero-order valence-electron chi connectivity index (χ0n) is 16.0. The van der Waals surface area contributed by atoms with Crippen LogP contribution >= 0.6 is 23.2 Å². The number of carbonyl (C=O) groups excluding carboxylic acids is 1. The summed E-state index contributed by atoms with van der Waals surface area (Å²) < 4.78 is 12.5. The number of benzene rings is 2. The molecule has 30 heavy (non-hydrogen) atoms. The summed E-state index contributed by atoms with van der Waals surface area (Å²) in [5.74, 6) is -2.54. The minimum absolute atomic E-state index is 0.226. The van der Waals surface area contributed by atoms with Crippen molar-refractivity contribution >= 4 is 51.6 Å². The maximum atomic E-state index is 11.6. The van der Waals surface area contributed by atoms with Crippen LogP contribution in [0.25, 0.3) is 16.7 Å². The van der Waals surface area contributed by atoms with Gasteiger partial charge < -0.3 is 24.3 Å². The summed E-state index contributed by atoms with van der Waals surface area (Å²) in [4.78, 5) is 22.4. The molecule has 1 heterocycles. The summed E-state index contributed by atoms with van der Waals surface area (Å²) in [7, 11) is 2.96. The van der Waals surface area contributed by atoms with Gasteiger partial charge >= 0.3 is 5.97 Å². The van der Waals surface area contributed by atoms with E-state index in [4.69, 9.17) is 37.8 Å². The second kappa shape index (κ2) is 8.69. The molecular weight excluding hydrogens is 433 g/mol. The Bertz CT molecular complexity index is 1180. The number of aliphatic carboxylic acids is 1. The first-order valence-electron chi connectivity index (χ1n) is 8.62. The van der Waals surface area contributed by atoms with Crippen molar-refractivity contribution in [3.63, 3.8) is 0 Å². The van der Waals surface area contributed by atoms with Gasteiger partial charge in [0.05, 0.1) is 25.1 Å². The minimum atomic E-state index is -1.67. The lowest BCUT2D eigenvalue weighted by Crippen LogP contribution is -2.09. The van der Waals surface area contributed by atoms with E-state index in [1.54, 1.807) is 41.1 Å². The van der Waals surface area contributed by atoms with Crippen LogP contribution in [-0.4, -0.2) is 40.8 Å². The van der Waals surface area contributed by atoms with Gasteiger partial charge in [-0.05, 0) is 17.7 Å². The molecule has 0 saturated carbocycles. The Kier molecular flexibility index (Phi) is 6.24. The van der Waals surface area contributed by atoms with Gasteiger partial charge in [-0.2, -0.15) is 0 Å². The maximum Gasteiger partial charge on any atom is 0.376 e. The van der Waals surface area contributed by atoms with Crippen LogP contribution in [0.1, 0.15) is 11.1 Å². The lowest BCUT2D eigenvalue weighted by Gasteiger charge is -2.11. The molecule has 2 aromatic carbocycles. The Morgan fingerprint density at radius 1 is 1.10 bits per heavy atom. The van der Waals surface area contributed by atoms with Crippen molar-refractivity contribution in [1.82, 2.24) is 4.57 Å². The third kappa shape index (κ3) is 4.22. The number of fused-ring (bicyclic) bond motifs is 1. The van der Waals surface area contributed by atoms with Gasteiger partial charge in [-0.1, -0.05) is 29.3 Å². The van der Waals surface area contributed by atoms with Gasteiger partial charge in [-0.25, -0.2) is 4.79 Å². The van der Waals surface area contributed by atoms with E-state index in [-0.39, 0.29) is 5.56 Å². The molecule has 156 valence electrons. The largest absolute Gasteiger partial charge is 0.507 e. The van der Waals surface area contributed by atoms with Crippen LogP contribution in [0.3, 0.4) is 0 Å². The standard InChI is InChI=1S/C21H17Cl2NO6/c1-29-13-6-16-20(19(7-13)30-2)14(17(25)8-18(26)21(27)28)10-24(16)9-11-3-4-12(22)5-15(11)23/h3-8,10,25H,9H2,1-2H3,(H,27,28)/b17-8-. The maximum absolute atomic E-state index is 11.6.